The standard InChI is InChI=1S/C28H30FN7O2/c1-18(2)4-5-19(3)31-27(37)35-14-11-22(12-15-35)32-26-30-13-10-23(33-26)25-24(20-6-8-21(29)9-7-20)34-28-36(25)16-17-38-28/h4-10,13,16-17,22H,11-12,14-15H2,1-3H3,(H,31,37)(H,30,32,33)/b19-5+. The van der Waals surface area contributed by atoms with Gasteiger partial charge in [0.15, 0.2) is 0 Å². The van der Waals surface area contributed by atoms with Crippen LogP contribution in [0.4, 0.5) is 15.1 Å². The van der Waals surface area contributed by atoms with Crippen molar-refractivity contribution in [3.8, 4) is 22.6 Å². The first-order valence-electron chi connectivity index (χ1n) is 12.6. The van der Waals surface area contributed by atoms with E-state index in [-0.39, 0.29) is 17.9 Å². The number of benzene rings is 1. The number of likely N-dealkylation sites (tertiary alicyclic amines) is 1. The molecule has 0 spiro atoms. The summed E-state index contributed by atoms with van der Waals surface area (Å²) in [5.41, 5.74) is 4.77. The molecule has 1 aromatic carbocycles. The van der Waals surface area contributed by atoms with Crippen LogP contribution in [-0.2, 0) is 0 Å². The van der Waals surface area contributed by atoms with Crippen LogP contribution in [0, 0.1) is 5.82 Å². The third-order valence-corrected chi connectivity index (χ3v) is 6.36. The Balaban J connectivity index is 1.28. The maximum Gasteiger partial charge on any atom is 0.321 e. The van der Waals surface area contributed by atoms with Gasteiger partial charge >= 0.3 is 11.9 Å². The van der Waals surface area contributed by atoms with Crippen molar-refractivity contribution in [3.63, 3.8) is 0 Å². The zero-order chi connectivity index (χ0) is 26.6. The van der Waals surface area contributed by atoms with Gasteiger partial charge in [-0.15, -0.1) is 0 Å². The number of fused-ring (bicyclic) bond motifs is 1. The molecule has 3 aromatic heterocycles. The van der Waals surface area contributed by atoms with Crippen LogP contribution < -0.4 is 10.6 Å². The first-order valence-corrected chi connectivity index (χ1v) is 12.6. The van der Waals surface area contributed by atoms with Gasteiger partial charge in [-0.2, -0.15) is 4.98 Å². The van der Waals surface area contributed by atoms with Crippen LogP contribution in [0.25, 0.3) is 28.5 Å². The minimum absolute atomic E-state index is 0.0872. The first-order chi connectivity index (χ1) is 18.4. The lowest BCUT2D eigenvalue weighted by molar-refractivity contribution is 0.186. The van der Waals surface area contributed by atoms with Crippen LogP contribution >= 0.6 is 0 Å². The molecule has 0 atom stereocenters. The average molecular weight is 516 g/mol. The number of urea groups is 1. The van der Waals surface area contributed by atoms with Gasteiger partial charge in [0, 0.05) is 42.8 Å². The van der Waals surface area contributed by atoms with E-state index in [4.69, 9.17) is 9.40 Å². The summed E-state index contributed by atoms with van der Waals surface area (Å²) < 4.78 is 20.9. The number of halogens is 1. The molecular weight excluding hydrogens is 485 g/mol. The summed E-state index contributed by atoms with van der Waals surface area (Å²) in [5, 5.41) is 6.37. The molecule has 1 aliphatic heterocycles. The van der Waals surface area contributed by atoms with Crippen molar-refractivity contribution in [1.29, 1.82) is 0 Å². The Kier molecular flexibility index (Phi) is 7.21. The van der Waals surface area contributed by atoms with Crippen molar-refractivity contribution >= 4 is 17.8 Å². The van der Waals surface area contributed by atoms with Crippen molar-refractivity contribution in [3.05, 3.63) is 78.2 Å². The molecule has 1 aliphatic rings. The van der Waals surface area contributed by atoms with Crippen molar-refractivity contribution in [1.82, 2.24) is 29.6 Å². The second-order valence-corrected chi connectivity index (χ2v) is 9.57. The normalized spacial score (nSPS) is 14.5. The molecule has 0 aliphatic carbocycles. The van der Waals surface area contributed by atoms with Gasteiger partial charge < -0.3 is 20.0 Å². The van der Waals surface area contributed by atoms with Crippen LogP contribution in [0.5, 0.6) is 0 Å². The highest BCUT2D eigenvalue weighted by Crippen LogP contribution is 2.32. The molecule has 0 unspecified atom stereocenters. The Hall–Kier alpha value is -4.47. The van der Waals surface area contributed by atoms with E-state index in [0.717, 1.165) is 29.8 Å². The summed E-state index contributed by atoms with van der Waals surface area (Å²) in [4.78, 5) is 28.2. The Labute approximate surface area is 220 Å². The lowest BCUT2D eigenvalue weighted by Gasteiger charge is -2.32. The number of nitrogens with one attached hydrogen (secondary N) is 2. The van der Waals surface area contributed by atoms with Crippen molar-refractivity contribution in [2.45, 2.75) is 39.7 Å². The minimum atomic E-state index is -0.314. The van der Waals surface area contributed by atoms with Crippen LogP contribution in [0.1, 0.15) is 33.6 Å². The molecule has 196 valence electrons. The molecule has 9 nitrogen and oxygen atoms in total. The molecule has 4 aromatic rings. The first kappa shape index (κ1) is 25.2. The zero-order valence-corrected chi connectivity index (χ0v) is 21.6. The molecule has 5 rings (SSSR count). The quantitative estimate of drug-likeness (QED) is 0.322. The molecule has 0 bridgehead atoms. The van der Waals surface area contributed by atoms with Gasteiger partial charge in [-0.25, -0.2) is 19.2 Å². The molecular formula is C28H30FN7O2. The number of amides is 2. The van der Waals surface area contributed by atoms with Gasteiger partial charge in [0.05, 0.1) is 5.69 Å². The van der Waals surface area contributed by atoms with Crippen LogP contribution in [0.3, 0.4) is 0 Å². The fourth-order valence-electron chi connectivity index (χ4n) is 4.39. The van der Waals surface area contributed by atoms with Gasteiger partial charge in [0.25, 0.3) is 0 Å². The largest absolute Gasteiger partial charge is 0.432 e. The highest BCUT2D eigenvalue weighted by molar-refractivity contribution is 5.79. The highest BCUT2D eigenvalue weighted by atomic mass is 19.1. The number of carbonyl (C=O) groups excluding carboxylic acids is 1. The molecule has 2 amide bonds. The van der Waals surface area contributed by atoms with Gasteiger partial charge in [-0.3, -0.25) is 4.40 Å². The van der Waals surface area contributed by atoms with E-state index < -0.39 is 0 Å². The van der Waals surface area contributed by atoms with Crippen molar-refractivity contribution in [2.24, 2.45) is 0 Å². The van der Waals surface area contributed by atoms with E-state index in [1.54, 1.807) is 30.8 Å². The lowest BCUT2D eigenvalue weighted by Crippen LogP contribution is -2.46. The predicted molar refractivity (Wildman–Crippen MR) is 144 cm³/mol. The lowest BCUT2D eigenvalue weighted by atomic mass is 10.1. The third kappa shape index (κ3) is 5.59. The highest BCUT2D eigenvalue weighted by Gasteiger charge is 2.24. The van der Waals surface area contributed by atoms with E-state index in [2.05, 4.69) is 20.6 Å². The summed E-state index contributed by atoms with van der Waals surface area (Å²) >= 11 is 0. The third-order valence-electron chi connectivity index (χ3n) is 6.36. The van der Waals surface area contributed by atoms with Gasteiger partial charge in [-0.05, 0) is 70.0 Å². The summed E-state index contributed by atoms with van der Waals surface area (Å²) in [6.07, 6.45) is 10.5. The fraction of sp³-hybridized carbons (Fsp3) is 0.286. The summed E-state index contributed by atoms with van der Waals surface area (Å²) in [6, 6.07) is 8.03. The minimum Gasteiger partial charge on any atom is -0.432 e. The van der Waals surface area contributed by atoms with Gasteiger partial charge in [0.2, 0.25) is 5.95 Å². The maximum atomic E-state index is 13.5. The molecule has 38 heavy (non-hydrogen) atoms. The van der Waals surface area contributed by atoms with E-state index in [1.807, 2.05) is 48.3 Å². The number of hydrogen-bond donors (Lipinski definition) is 2. The summed E-state index contributed by atoms with van der Waals surface area (Å²) in [6.45, 7) is 7.18. The SMILES string of the molecule is CC(C)=C/C=C(\C)NC(=O)N1CCC(Nc2nccc(-c3c(-c4ccc(F)cc4)nc4occn34)n2)CC1. The Bertz CT molecular complexity index is 1490. The van der Waals surface area contributed by atoms with E-state index in [0.29, 0.717) is 36.3 Å². The van der Waals surface area contributed by atoms with Crippen LogP contribution in [0.2, 0.25) is 0 Å². The second kappa shape index (κ2) is 10.9. The topological polar surface area (TPSA) is 101 Å². The number of nitrogens with zero attached hydrogens (tertiary/aromatic N) is 5. The number of aromatic nitrogens is 4. The Morgan fingerprint density at radius 3 is 2.58 bits per heavy atom. The summed E-state index contributed by atoms with van der Waals surface area (Å²) in [5.74, 6) is 0.601. The molecule has 4 heterocycles. The fourth-order valence-corrected chi connectivity index (χ4v) is 4.39. The number of oxazole rings is 1. The van der Waals surface area contributed by atoms with E-state index >= 15 is 0 Å². The Morgan fingerprint density at radius 1 is 1.08 bits per heavy atom. The second-order valence-electron chi connectivity index (χ2n) is 9.57. The zero-order valence-electron chi connectivity index (χ0n) is 21.6. The van der Waals surface area contributed by atoms with Crippen LogP contribution in [-0.4, -0.2) is 49.4 Å². The number of rotatable bonds is 6. The maximum absolute atomic E-state index is 13.5. The van der Waals surface area contributed by atoms with Crippen LogP contribution in [0.15, 0.2) is 76.8 Å². The molecule has 2 N–H and O–H groups in total. The monoisotopic (exact) mass is 515 g/mol. The number of anilines is 1. The van der Waals surface area contributed by atoms with Crippen molar-refractivity contribution < 1.29 is 13.6 Å². The molecule has 0 radical (unpaired) electrons. The van der Waals surface area contributed by atoms with E-state index in [1.165, 1.54) is 17.7 Å². The number of imidazole rings is 1. The molecule has 10 heteroatoms. The van der Waals surface area contributed by atoms with Gasteiger partial charge in [0.1, 0.15) is 23.5 Å². The number of carbonyl (C=O) groups is 1. The predicted octanol–water partition coefficient (Wildman–Crippen LogP) is 5.65. The van der Waals surface area contributed by atoms with Crippen molar-refractivity contribution in [2.75, 3.05) is 18.4 Å². The Morgan fingerprint density at radius 2 is 1.84 bits per heavy atom. The summed E-state index contributed by atoms with van der Waals surface area (Å²) in [7, 11) is 0. The number of allylic oxidation sites excluding steroid dienone is 4. The average Bonchev–Trinajstić information content (AvgIpc) is 3.50. The number of piperidine rings is 1. The molecule has 1 saturated heterocycles. The molecule has 1 fully saturated rings. The number of hydrogen-bond acceptors (Lipinski definition) is 6. The van der Waals surface area contributed by atoms with E-state index in [9.17, 15) is 9.18 Å². The van der Waals surface area contributed by atoms with Gasteiger partial charge in [-0.1, -0.05) is 11.6 Å². The molecule has 0 saturated carbocycles. The smallest absolute Gasteiger partial charge is 0.321 e.